The summed E-state index contributed by atoms with van der Waals surface area (Å²) in [5.41, 5.74) is 2.74. The van der Waals surface area contributed by atoms with Crippen LogP contribution in [0.5, 0.6) is 11.5 Å². The summed E-state index contributed by atoms with van der Waals surface area (Å²) in [6.45, 7) is 4.96. The number of carbonyl (C=O) groups is 1. The summed E-state index contributed by atoms with van der Waals surface area (Å²) in [5.74, 6) is -1.02. The molecule has 8 heteroatoms. The van der Waals surface area contributed by atoms with Crippen molar-refractivity contribution >= 4 is 5.91 Å². The van der Waals surface area contributed by atoms with E-state index in [2.05, 4.69) is 5.32 Å². The van der Waals surface area contributed by atoms with E-state index in [0.29, 0.717) is 36.7 Å². The summed E-state index contributed by atoms with van der Waals surface area (Å²) < 4.78 is 33.0. The van der Waals surface area contributed by atoms with Crippen molar-refractivity contribution in [2.45, 2.75) is 51.2 Å². The Bertz CT molecular complexity index is 1310. The number of halogens is 2. The number of hydrogen-bond acceptors (Lipinski definition) is 5. The standard InChI is InChI=1S/C29H31F2N3O3/c1-29(2,17-35)32-16-21-4-3-5-25(33-21)27(19-6-7-19)34-13-12-18-8-10-22(15-23(18)28(34)36)37-26-11-9-20(30)14-24(26)31/h3-5,8-11,14-15,19,27,32,35H,6-7,12-13,16-17H2,1-2H3. The number of aliphatic hydroxyl groups excluding tert-OH is 1. The molecule has 1 aromatic heterocycles. The summed E-state index contributed by atoms with van der Waals surface area (Å²) in [4.78, 5) is 20.5. The molecule has 2 aliphatic rings. The molecule has 1 amide bonds. The van der Waals surface area contributed by atoms with Crippen LogP contribution in [0.3, 0.4) is 0 Å². The average Bonchev–Trinajstić information content (AvgIpc) is 3.72. The van der Waals surface area contributed by atoms with Gasteiger partial charge in [-0.05, 0) is 81.0 Å². The Hall–Kier alpha value is -3.36. The third kappa shape index (κ3) is 5.65. The van der Waals surface area contributed by atoms with Crippen LogP contribution in [-0.4, -0.2) is 39.6 Å². The largest absolute Gasteiger partial charge is 0.454 e. The smallest absolute Gasteiger partial charge is 0.254 e. The first kappa shape index (κ1) is 25.3. The minimum atomic E-state index is -0.803. The molecular weight excluding hydrogens is 476 g/mol. The van der Waals surface area contributed by atoms with Crippen LogP contribution in [0.2, 0.25) is 0 Å². The minimum Gasteiger partial charge on any atom is -0.454 e. The first-order chi connectivity index (χ1) is 17.7. The summed E-state index contributed by atoms with van der Waals surface area (Å²) >= 11 is 0. The molecule has 37 heavy (non-hydrogen) atoms. The van der Waals surface area contributed by atoms with E-state index in [9.17, 15) is 18.7 Å². The molecule has 0 saturated heterocycles. The third-order valence-corrected chi connectivity index (χ3v) is 7.00. The van der Waals surface area contributed by atoms with Gasteiger partial charge in [0.05, 0.1) is 24.0 Å². The molecule has 2 aromatic carbocycles. The molecule has 0 radical (unpaired) electrons. The topological polar surface area (TPSA) is 74.7 Å². The molecule has 1 saturated carbocycles. The Morgan fingerprint density at radius 2 is 1.97 bits per heavy atom. The first-order valence-corrected chi connectivity index (χ1v) is 12.6. The van der Waals surface area contributed by atoms with Crippen LogP contribution in [0.1, 0.15) is 60.0 Å². The Morgan fingerprint density at radius 3 is 2.70 bits per heavy atom. The highest BCUT2D eigenvalue weighted by Crippen LogP contribution is 2.45. The second-order valence-electron chi connectivity index (χ2n) is 10.5. The lowest BCUT2D eigenvalue weighted by Crippen LogP contribution is -2.42. The van der Waals surface area contributed by atoms with Gasteiger partial charge in [-0.25, -0.2) is 8.78 Å². The number of rotatable bonds is 9. The number of ether oxygens (including phenoxy) is 1. The lowest BCUT2D eigenvalue weighted by atomic mass is 9.95. The Balaban J connectivity index is 1.38. The molecule has 2 heterocycles. The Labute approximate surface area is 215 Å². The van der Waals surface area contributed by atoms with E-state index in [4.69, 9.17) is 9.72 Å². The van der Waals surface area contributed by atoms with Crippen LogP contribution in [0.15, 0.2) is 54.6 Å². The van der Waals surface area contributed by atoms with Crippen molar-refractivity contribution in [1.82, 2.24) is 15.2 Å². The van der Waals surface area contributed by atoms with Crippen molar-refractivity contribution in [3.05, 3.63) is 88.7 Å². The second kappa shape index (κ2) is 10.2. The molecule has 1 aliphatic carbocycles. The maximum atomic E-state index is 14.1. The molecule has 6 nitrogen and oxygen atoms in total. The van der Waals surface area contributed by atoms with Crippen molar-refractivity contribution < 1.29 is 23.4 Å². The molecule has 1 aliphatic heterocycles. The number of benzene rings is 2. The summed E-state index contributed by atoms with van der Waals surface area (Å²) in [6, 6.07) is 14.1. The van der Waals surface area contributed by atoms with Gasteiger partial charge < -0.3 is 20.1 Å². The summed E-state index contributed by atoms with van der Waals surface area (Å²) in [7, 11) is 0. The summed E-state index contributed by atoms with van der Waals surface area (Å²) in [5, 5.41) is 12.8. The normalized spacial score (nSPS) is 16.5. The second-order valence-corrected chi connectivity index (χ2v) is 10.5. The van der Waals surface area contributed by atoms with Gasteiger partial charge in [-0.3, -0.25) is 9.78 Å². The fourth-order valence-corrected chi connectivity index (χ4v) is 4.70. The predicted molar refractivity (Wildman–Crippen MR) is 135 cm³/mol. The van der Waals surface area contributed by atoms with Gasteiger partial charge in [-0.15, -0.1) is 0 Å². The van der Waals surface area contributed by atoms with Crippen LogP contribution >= 0.6 is 0 Å². The highest BCUT2D eigenvalue weighted by molar-refractivity contribution is 5.97. The highest BCUT2D eigenvalue weighted by atomic mass is 19.1. The van der Waals surface area contributed by atoms with Crippen molar-refractivity contribution in [2.75, 3.05) is 13.2 Å². The van der Waals surface area contributed by atoms with E-state index in [0.717, 1.165) is 41.9 Å². The van der Waals surface area contributed by atoms with Crippen LogP contribution in [0, 0.1) is 17.6 Å². The number of aliphatic hydroxyl groups is 1. The van der Waals surface area contributed by atoms with E-state index in [-0.39, 0.29) is 24.3 Å². The fourth-order valence-electron chi connectivity index (χ4n) is 4.70. The van der Waals surface area contributed by atoms with E-state index in [1.165, 1.54) is 6.07 Å². The van der Waals surface area contributed by atoms with Crippen LogP contribution < -0.4 is 10.1 Å². The maximum absolute atomic E-state index is 14.1. The molecular formula is C29H31F2N3O3. The number of fused-ring (bicyclic) bond motifs is 1. The van der Waals surface area contributed by atoms with E-state index >= 15 is 0 Å². The van der Waals surface area contributed by atoms with Crippen LogP contribution in [0.4, 0.5) is 8.78 Å². The Morgan fingerprint density at radius 1 is 1.16 bits per heavy atom. The number of amides is 1. The van der Waals surface area contributed by atoms with Gasteiger partial charge in [0.15, 0.2) is 11.6 Å². The van der Waals surface area contributed by atoms with Gasteiger partial charge in [0, 0.05) is 30.3 Å². The predicted octanol–water partition coefficient (Wildman–Crippen LogP) is 5.16. The average molecular weight is 508 g/mol. The lowest BCUT2D eigenvalue weighted by molar-refractivity contribution is 0.0627. The number of pyridine rings is 1. The molecule has 194 valence electrons. The number of hydrogen-bond donors (Lipinski definition) is 2. The number of aromatic nitrogens is 1. The number of carbonyl (C=O) groups excluding carboxylic acids is 1. The first-order valence-electron chi connectivity index (χ1n) is 12.6. The minimum absolute atomic E-state index is 0.0125. The van der Waals surface area contributed by atoms with Crippen molar-refractivity contribution in [3.8, 4) is 11.5 Å². The van der Waals surface area contributed by atoms with Crippen LogP contribution in [-0.2, 0) is 13.0 Å². The molecule has 2 N–H and O–H groups in total. The van der Waals surface area contributed by atoms with E-state index in [1.807, 2.05) is 43.0 Å². The lowest BCUT2D eigenvalue weighted by Gasteiger charge is -2.36. The molecule has 0 spiro atoms. The Kier molecular flexibility index (Phi) is 6.96. The monoisotopic (exact) mass is 507 g/mol. The van der Waals surface area contributed by atoms with Gasteiger partial charge in [-0.2, -0.15) is 0 Å². The SMILES string of the molecule is CC(C)(CO)NCc1cccc(C(C2CC2)N2CCc3ccc(Oc4ccc(F)cc4F)cc3C2=O)n1. The van der Waals surface area contributed by atoms with Gasteiger partial charge >= 0.3 is 0 Å². The van der Waals surface area contributed by atoms with Crippen molar-refractivity contribution in [2.24, 2.45) is 5.92 Å². The maximum Gasteiger partial charge on any atom is 0.254 e. The van der Waals surface area contributed by atoms with Gasteiger partial charge in [0.25, 0.3) is 5.91 Å². The van der Waals surface area contributed by atoms with Gasteiger partial charge in [-0.1, -0.05) is 12.1 Å². The van der Waals surface area contributed by atoms with E-state index in [1.54, 1.807) is 12.1 Å². The number of nitrogens with one attached hydrogen (secondary N) is 1. The zero-order valence-electron chi connectivity index (χ0n) is 21.0. The summed E-state index contributed by atoms with van der Waals surface area (Å²) in [6.07, 6.45) is 2.77. The molecule has 1 unspecified atom stereocenters. The van der Waals surface area contributed by atoms with Crippen LogP contribution in [0.25, 0.3) is 0 Å². The van der Waals surface area contributed by atoms with E-state index < -0.39 is 17.2 Å². The zero-order valence-corrected chi connectivity index (χ0v) is 21.0. The van der Waals surface area contributed by atoms with Crippen molar-refractivity contribution in [3.63, 3.8) is 0 Å². The van der Waals surface area contributed by atoms with Crippen molar-refractivity contribution in [1.29, 1.82) is 0 Å². The highest BCUT2D eigenvalue weighted by Gasteiger charge is 2.41. The molecule has 0 bridgehead atoms. The molecule has 1 atom stereocenters. The fraction of sp³-hybridized carbons (Fsp3) is 0.379. The molecule has 1 fully saturated rings. The van der Waals surface area contributed by atoms with Gasteiger partial charge in [0.1, 0.15) is 11.6 Å². The van der Waals surface area contributed by atoms with Gasteiger partial charge in [0.2, 0.25) is 0 Å². The quantitative estimate of drug-likeness (QED) is 0.418. The third-order valence-electron chi connectivity index (χ3n) is 7.00. The molecule has 3 aromatic rings. The zero-order chi connectivity index (χ0) is 26.2. The molecule has 5 rings (SSSR count). The number of nitrogens with zero attached hydrogens (tertiary/aromatic N) is 2.